The van der Waals surface area contributed by atoms with E-state index >= 15 is 0 Å². The van der Waals surface area contributed by atoms with Crippen molar-refractivity contribution < 1.29 is 4.74 Å². The van der Waals surface area contributed by atoms with Crippen LogP contribution < -0.4 is 10.5 Å². The van der Waals surface area contributed by atoms with E-state index < -0.39 is 0 Å². The maximum absolute atomic E-state index is 5.59. The van der Waals surface area contributed by atoms with E-state index in [4.69, 9.17) is 10.5 Å². The first-order valence-corrected chi connectivity index (χ1v) is 5.73. The lowest BCUT2D eigenvalue weighted by atomic mass is 10.1. The Hall–Kier alpha value is -2.03. The smallest absolute Gasteiger partial charge is 0.126 e. The molecule has 0 amide bonds. The summed E-state index contributed by atoms with van der Waals surface area (Å²) in [5.41, 5.74) is 6.90. The summed E-state index contributed by atoms with van der Waals surface area (Å²) in [4.78, 5) is 3.91. The first kappa shape index (κ1) is 11.5. The number of hydrogen-bond acceptors (Lipinski definition) is 3. The highest BCUT2D eigenvalue weighted by atomic mass is 16.5. The van der Waals surface area contributed by atoms with E-state index in [0.717, 1.165) is 18.6 Å². The van der Waals surface area contributed by atoms with Gasteiger partial charge in [-0.1, -0.05) is 30.3 Å². The van der Waals surface area contributed by atoms with E-state index in [0.29, 0.717) is 12.4 Å². The lowest BCUT2D eigenvalue weighted by molar-refractivity contribution is 0.311. The molecule has 0 spiro atoms. The predicted molar refractivity (Wildman–Crippen MR) is 68.9 cm³/mol. The van der Waals surface area contributed by atoms with Crippen LogP contribution in [0, 0.1) is 0 Å². The van der Waals surface area contributed by atoms with Crippen molar-refractivity contribution in [2.24, 2.45) is 0 Å². The number of nitrogens with zero attached hydrogens (tertiary/aromatic N) is 1. The topological polar surface area (TPSA) is 48.1 Å². The Morgan fingerprint density at radius 1 is 1.12 bits per heavy atom. The zero-order valence-electron chi connectivity index (χ0n) is 9.67. The van der Waals surface area contributed by atoms with Gasteiger partial charge in [-0.05, 0) is 24.5 Å². The van der Waals surface area contributed by atoms with Crippen molar-refractivity contribution in [3.8, 4) is 5.75 Å². The van der Waals surface area contributed by atoms with Gasteiger partial charge in [-0.15, -0.1) is 0 Å². The van der Waals surface area contributed by atoms with Crippen molar-refractivity contribution >= 4 is 5.82 Å². The zero-order chi connectivity index (χ0) is 11.9. The summed E-state index contributed by atoms with van der Waals surface area (Å²) in [5.74, 6) is 1.27. The maximum Gasteiger partial charge on any atom is 0.126 e. The largest absolute Gasteiger partial charge is 0.493 e. The third-order valence-electron chi connectivity index (χ3n) is 2.47. The predicted octanol–water partition coefficient (Wildman–Crippen LogP) is 2.68. The summed E-state index contributed by atoms with van der Waals surface area (Å²) >= 11 is 0. The minimum atomic E-state index is 0.491. The van der Waals surface area contributed by atoms with Gasteiger partial charge in [0.05, 0.1) is 6.61 Å². The highest BCUT2D eigenvalue weighted by Crippen LogP contribution is 2.12. The van der Waals surface area contributed by atoms with Gasteiger partial charge in [0, 0.05) is 12.3 Å². The van der Waals surface area contributed by atoms with Gasteiger partial charge in [0.15, 0.2) is 0 Å². The Morgan fingerprint density at radius 2 is 1.94 bits per heavy atom. The van der Waals surface area contributed by atoms with E-state index in [1.54, 1.807) is 12.3 Å². The molecule has 88 valence electrons. The quantitative estimate of drug-likeness (QED) is 0.800. The van der Waals surface area contributed by atoms with Crippen LogP contribution in [0.25, 0.3) is 0 Å². The molecule has 0 atom stereocenters. The van der Waals surface area contributed by atoms with Gasteiger partial charge in [-0.2, -0.15) is 0 Å². The summed E-state index contributed by atoms with van der Waals surface area (Å²) in [7, 11) is 0. The fourth-order valence-electron chi connectivity index (χ4n) is 1.63. The van der Waals surface area contributed by atoms with Gasteiger partial charge in [0.25, 0.3) is 0 Å². The molecule has 0 unspecified atom stereocenters. The van der Waals surface area contributed by atoms with E-state index in [1.165, 1.54) is 5.56 Å². The number of pyridine rings is 1. The van der Waals surface area contributed by atoms with Gasteiger partial charge in [0.1, 0.15) is 11.6 Å². The van der Waals surface area contributed by atoms with Crippen LogP contribution in [0.5, 0.6) is 5.75 Å². The molecule has 1 aromatic carbocycles. The number of rotatable bonds is 5. The number of hydrogen-bond donors (Lipinski definition) is 1. The standard InChI is InChI=1S/C14H16N2O/c15-14-11-13(8-9-16-14)17-10-4-7-12-5-2-1-3-6-12/h1-3,5-6,8-9,11H,4,7,10H2,(H2,15,16). The fraction of sp³-hybridized carbons (Fsp3) is 0.214. The van der Waals surface area contributed by atoms with E-state index in [-0.39, 0.29) is 0 Å². The molecule has 3 nitrogen and oxygen atoms in total. The molecule has 2 aromatic rings. The second-order valence-electron chi connectivity index (χ2n) is 3.85. The summed E-state index contributed by atoms with van der Waals surface area (Å²) < 4.78 is 5.59. The van der Waals surface area contributed by atoms with Crippen LogP contribution in [-0.4, -0.2) is 11.6 Å². The van der Waals surface area contributed by atoms with Gasteiger partial charge in [0.2, 0.25) is 0 Å². The Kier molecular flexibility index (Phi) is 3.97. The molecule has 2 rings (SSSR count). The first-order chi connectivity index (χ1) is 8.34. The lowest BCUT2D eigenvalue weighted by Gasteiger charge is -2.06. The number of benzene rings is 1. The molecular weight excluding hydrogens is 212 g/mol. The van der Waals surface area contributed by atoms with Crippen LogP contribution in [0.4, 0.5) is 5.82 Å². The molecule has 1 aromatic heterocycles. The number of aryl methyl sites for hydroxylation is 1. The Morgan fingerprint density at radius 3 is 2.71 bits per heavy atom. The van der Waals surface area contributed by atoms with Crippen molar-refractivity contribution in [2.75, 3.05) is 12.3 Å². The van der Waals surface area contributed by atoms with Crippen LogP contribution in [0.3, 0.4) is 0 Å². The summed E-state index contributed by atoms with van der Waals surface area (Å²) in [6.45, 7) is 0.693. The van der Waals surface area contributed by atoms with Crippen molar-refractivity contribution in [3.63, 3.8) is 0 Å². The van der Waals surface area contributed by atoms with Gasteiger partial charge in [-0.3, -0.25) is 0 Å². The minimum Gasteiger partial charge on any atom is -0.493 e. The number of anilines is 1. The van der Waals surface area contributed by atoms with Crippen molar-refractivity contribution in [1.82, 2.24) is 4.98 Å². The monoisotopic (exact) mass is 228 g/mol. The fourth-order valence-corrected chi connectivity index (χ4v) is 1.63. The SMILES string of the molecule is Nc1cc(OCCCc2ccccc2)ccn1. The molecule has 0 radical (unpaired) electrons. The molecule has 0 aliphatic heterocycles. The molecule has 0 aliphatic rings. The number of aromatic nitrogens is 1. The summed E-state index contributed by atoms with van der Waals surface area (Å²) in [6.07, 6.45) is 3.68. The van der Waals surface area contributed by atoms with Crippen molar-refractivity contribution in [3.05, 3.63) is 54.2 Å². The van der Waals surface area contributed by atoms with Gasteiger partial charge >= 0.3 is 0 Å². The second-order valence-corrected chi connectivity index (χ2v) is 3.85. The highest BCUT2D eigenvalue weighted by Gasteiger charge is 1.96. The molecule has 0 saturated carbocycles. The average molecular weight is 228 g/mol. The third kappa shape index (κ3) is 3.79. The van der Waals surface area contributed by atoms with E-state index in [9.17, 15) is 0 Å². The average Bonchev–Trinajstić information content (AvgIpc) is 2.36. The molecule has 0 saturated heterocycles. The van der Waals surface area contributed by atoms with E-state index in [1.807, 2.05) is 12.1 Å². The molecule has 3 heteroatoms. The molecular formula is C14H16N2O. The summed E-state index contributed by atoms with van der Waals surface area (Å²) in [6, 6.07) is 14.0. The Bertz CT molecular complexity index is 457. The zero-order valence-corrected chi connectivity index (χ0v) is 9.67. The Balaban J connectivity index is 1.73. The molecule has 0 aliphatic carbocycles. The number of ether oxygens (including phenoxy) is 1. The van der Waals surface area contributed by atoms with Crippen LogP contribution in [0.2, 0.25) is 0 Å². The normalized spacial score (nSPS) is 10.1. The van der Waals surface area contributed by atoms with Crippen LogP contribution in [-0.2, 0) is 6.42 Å². The van der Waals surface area contributed by atoms with E-state index in [2.05, 4.69) is 29.2 Å². The minimum absolute atomic E-state index is 0.491. The lowest BCUT2D eigenvalue weighted by Crippen LogP contribution is -2.00. The van der Waals surface area contributed by atoms with Gasteiger partial charge in [-0.25, -0.2) is 4.98 Å². The maximum atomic E-state index is 5.59. The third-order valence-corrected chi connectivity index (χ3v) is 2.47. The van der Waals surface area contributed by atoms with Crippen molar-refractivity contribution in [1.29, 1.82) is 0 Å². The Labute approximate surface area is 101 Å². The number of nitrogen functional groups attached to an aromatic ring is 1. The molecule has 17 heavy (non-hydrogen) atoms. The number of nitrogens with two attached hydrogens (primary N) is 1. The highest BCUT2D eigenvalue weighted by molar-refractivity contribution is 5.35. The van der Waals surface area contributed by atoms with Crippen LogP contribution in [0.1, 0.15) is 12.0 Å². The van der Waals surface area contributed by atoms with Crippen LogP contribution >= 0.6 is 0 Å². The van der Waals surface area contributed by atoms with Crippen molar-refractivity contribution in [2.45, 2.75) is 12.8 Å². The second kappa shape index (κ2) is 5.89. The molecule has 0 bridgehead atoms. The molecule has 2 N–H and O–H groups in total. The summed E-state index contributed by atoms with van der Waals surface area (Å²) in [5, 5.41) is 0. The first-order valence-electron chi connectivity index (χ1n) is 5.73. The van der Waals surface area contributed by atoms with Crippen LogP contribution in [0.15, 0.2) is 48.7 Å². The van der Waals surface area contributed by atoms with Gasteiger partial charge < -0.3 is 10.5 Å². The molecule has 0 fully saturated rings. The molecule has 1 heterocycles.